The smallest absolute Gasteiger partial charge is 0.340 e. The van der Waals surface area contributed by atoms with Gasteiger partial charge in [-0.2, -0.15) is 8.42 Å². The molecule has 0 radical (unpaired) electrons. The van der Waals surface area contributed by atoms with E-state index in [9.17, 15) is 18.0 Å². The van der Waals surface area contributed by atoms with E-state index >= 15 is 0 Å². The van der Waals surface area contributed by atoms with Crippen LogP contribution in [0.3, 0.4) is 0 Å². The third-order valence-corrected chi connectivity index (χ3v) is 6.81. The molecule has 0 spiro atoms. The number of esters is 1. The SMILES string of the molecule is COCCN(Cc1ccc(OS(=O)(=O)c2ccccc2C(=O)OC(C)C)cc1)C(=O)c1ccccc1Cl. The molecule has 0 bridgehead atoms. The van der Waals surface area contributed by atoms with Crippen molar-refractivity contribution in [3.8, 4) is 5.75 Å². The molecule has 0 aliphatic rings. The van der Waals surface area contributed by atoms with Crippen molar-refractivity contribution >= 4 is 33.6 Å². The third kappa shape index (κ3) is 7.55. The number of benzene rings is 3. The molecule has 3 rings (SSSR count). The van der Waals surface area contributed by atoms with E-state index in [0.29, 0.717) is 23.7 Å². The molecule has 0 saturated carbocycles. The number of rotatable bonds is 11. The molecule has 0 aliphatic heterocycles. The van der Waals surface area contributed by atoms with Gasteiger partial charge in [0.25, 0.3) is 5.91 Å². The number of methoxy groups -OCH3 is 1. The molecule has 0 aliphatic carbocycles. The van der Waals surface area contributed by atoms with Gasteiger partial charge in [-0.3, -0.25) is 4.79 Å². The molecule has 0 atom stereocenters. The predicted molar refractivity (Wildman–Crippen MR) is 139 cm³/mol. The molecule has 10 heteroatoms. The summed E-state index contributed by atoms with van der Waals surface area (Å²) in [6, 6.07) is 18.8. The maximum atomic E-state index is 13.1. The Labute approximate surface area is 221 Å². The second-order valence-electron chi connectivity index (χ2n) is 8.33. The number of carbonyl (C=O) groups excluding carboxylic acids is 2. The highest BCUT2D eigenvalue weighted by Crippen LogP contribution is 2.24. The normalized spacial score (nSPS) is 11.3. The summed E-state index contributed by atoms with van der Waals surface area (Å²) < 4.78 is 41.5. The molecule has 196 valence electrons. The van der Waals surface area contributed by atoms with Gasteiger partial charge in [0.2, 0.25) is 0 Å². The van der Waals surface area contributed by atoms with Crippen LogP contribution in [0, 0.1) is 0 Å². The average molecular weight is 546 g/mol. The zero-order valence-corrected chi connectivity index (χ0v) is 22.3. The number of hydrogen-bond acceptors (Lipinski definition) is 7. The molecule has 0 saturated heterocycles. The van der Waals surface area contributed by atoms with Crippen LogP contribution in [0.25, 0.3) is 0 Å². The van der Waals surface area contributed by atoms with Crippen molar-refractivity contribution in [1.82, 2.24) is 4.90 Å². The van der Waals surface area contributed by atoms with Gasteiger partial charge in [-0.1, -0.05) is 48.0 Å². The number of nitrogens with zero attached hydrogens (tertiary/aromatic N) is 1. The van der Waals surface area contributed by atoms with Gasteiger partial charge >= 0.3 is 16.1 Å². The van der Waals surface area contributed by atoms with Gasteiger partial charge in [-0.05, 0) is 55.8 Å². The number of ether oxygens (including phenoxy) is 2. The number of carbonyl (C=O) groups is 2. The first-order valence-corrected chi connectivity index (χ1v) is 13.3. The van der Waals surface area contributed by atoms with Gasteiger partial charge in [0, 0.05) is 20.2 Å². The molecule has 3 aromatic carbocycles. The highest BCUT2D eigenvalue weighted by molar-refractivity contribution is 7.87. The summed E-state index contributed by atoms with van der Waals surface area (Å²) in [6.07, 6.45) is -0.412. The largest absolute Gasteiger partial charge is 0.459 e. The van der Waals surface area contributed by atoms with Crippen molar-refractivity contribution in [2.24, 2.45) is 0 Å². The van der Waals surface area contributed by atoms with Crippen LogP contribution >= 0.6 is 11.6 Å². The Morgan fingerprint density at radius 3 is 2.16 bits per heavy atom. The molecule has 0 N–H and O–H groups in total. The first kappa shape index (κ1) is 28.2. The van der Waals surface area contributed by atoms with Crippen LogP contribution in [0.4, 0.5) is 0 Å². The minimum atomic E-state index is -4.32. The van der Waals surface area contributed by atoms with Crippen LogP contribution in [0.5, 0.6) is 5.75 Å². The summed E-state index contributed by atoms with van der Waals surface area (Å²) in [4.78, 5) is 26.8. The van der Waals surface area contributed by atoms with E-state index in [1.807, 2.05) is 0 Å². The minimum Gasteiger partial charge on any atom is -0.459 e. The van der Waals surface area contributed by atoms with Crippen LogP contribution < -0.4 is 4.18 Å². The summed E-state index contributed by atoms with van der Waals surface area (Å²) in [5.74, 6) is -0.959. The molecule has 0 aromatic heterocycles. The molecule has 3 aromatic rings. The molecule has 1 amide bonds. The van der Waals surface area contributed by atoms with Crippen LogP contribution in [0.15, 0.2) is 77.7 Å². The van der Waals surface area contributed by atoms with Crippen molar-refractivity contribution in [2.45, 2.75) is 31.4 Å². The number of halogens is 1. The van der Waals surface area contributed by atoms with Crippen LogP contribution in [0.1, 0.15) is 40.1 Å². The summed E-state index contributed by atoms with van der Waals surface area (Å²) in [7, 11) is -2.78. The maximum Gasteiger partial charge on any atom is 0.340 e. The van der Waals surface area contributed by atoms with E-state index in [1.165, 1.54) is 30.3 Å². The first-order chi connectivity index (χ1) is 17.6. The fourth-order valence-electron chi connectivity index (χ4n) is 3.43. The lowest BCUT2D eigenvalue weighted by Gasteiger charge is -2.23. The number of amides is 1. The van der Waals surface area contributed by atoms with Gasteiger partial charge < -0.3 is 18.6 Å². The van der Waals surface area contributed by atoms with Crippen molar-refractivity contribution in [2.75, 3.05) is 20.3 Å². The van der Waals surface area contributed by atoms with Crippen molar-refractivity contribution in [3.05, 3.63) is 94.5 Å². The van der Waals surface area contributed by atoms with E-state index in [1.54, 1.807) is 68.3 Å². The standard InChI is InChI=1S/C27H28ClNO7S/c1-19(2)35-27(31)23-9-5-7-11-25(23)37(32,33)36-21-14-12-20(13-15-21)18-29(16-17-34-3)26(30)22-8-4-6-10-24(22)28/h4-15,19H,16-18H2,1-3H3. The van der Waals surface area contributed by atoms with Gasteiger partial charge in [0.1, 0.15) is 10.6 Å². The Morgan fingerprint density at radius 1 is 0.919 bits per heavy atom. The summed E-state index contributed by atoms with van der Waals surface area (Å²) in [5.41, 5.74) is 1.00. The zero-order valence-electron chi connectivity index (χ0n) is 20.7. The molecular weight excluding hydrogens is 518 g/mol. The minimum absolute atomic E-state index is 0.0525. The fraction of sp³-hybridized carbons (Fsp3) is 0.259. The highest BCUT2D eigenvalue weighted by atomic mass is 35.5. The second-order valence-corrected chi connectivity index (χ2v) is 10.3. The lowest BCUT2D eigenvalue weighted by molar-refractivity contribution is 0.0372. The molecule has 8 nitrogen and oxygen atoms in total. The molecule has 0 fully saturated rings. The first-order valence-electron chi connectivity index (χ1n) is 11.5. The Hall–Kier alpha value is -3.40. The highest BCUT2D eigenvalue weighted by Gasteiger charge is 2.26. The maximum absolute atomic E-state index is 13.1. The fourth-order valence-corrected chi connectivity index (χ4v) is 4.77. The van der Waals surface area contributed by atoms with E-state index < -0.39 is 22.2 Å². The summed E-state index contributed by atoms with van der Waals surface area (Å²) in [5, 5.41) is 0.349. The number of hydrogen-bond donors (Lipinski definition) is 0. The van der Waals surface area contributed by atoms with Crippen LogP contribution in [-0.4, -0.2) is 51.6 Å². The van der Waals surface area contributed by atoms with Crippen LogP contribution in [-0.2, 0) is 26.1 Å². The zero-order chi connectivity index (χ0) is 27.0. The quantitative estimate of drug-likeness (QED) is 0.248. The summed E-state index contributed by atoms with van der Waals surface area (Å²) in [6.45, 7) is 4.24. The molecule has 0 unspecified atom stereocenters. The lowest BCUT2D eigenvalue weighted by atomic mass is 10.1. The lowest BCUT2D eigenvalue weighted by Crippen LogP contribution is -2.33. The predicted octanol–water partition coefficient (Wildman–Crippen LogP) is 4.96. The van der Waals surface area contributed by atoms with Crippen LogP contribution in [0.2, 0.25) is 5.02 Å². The summed E-state index contributed by atoms with van der Waals surface area (Å²) >= 11 is 6.21. The van der Waals surface area contributed by atoms with Crippen molar-refractivity contribution < 1.29 is 31.7 Å². The van der Waals surface area contributed by atoms with Crippen molar-refractivity contribution in [1.29, 1.82) is 0 Å². The van der Waals surface area contributed by atoms with E-state index in [-0.39, 0.29) is 28.7 Å². The molecule has 0 heterocycles. The second kappa shape index (κ2) is 12.7. The topological polar surface area (TPSA) is 99.2 Å². The van der Waals surface area contributed by atoms with E-state index in [4.69, 9.17) is 25.3 Å². The monoisotopic (exact) mass is 545 g/mol. The van der Waals surface area contributed by atoms with Gasteiger partial charge in [0.15, 0.2) is 0 Å². The Bertz CT molecular complexity index is 1340. The Kier molecular flexibility index (Phi) is 9.68. The van der Waals surface area contributed by atoms with Crippen molar-refractivity contribution in [3.63, 3.8) is 0 Å². The molecular formula is C27H28ClNO7S. The van der Waals surface area contributed by atoms with E-state index in [0.717, 1.165) is 5.56 Å². The van der Waals surface area contributed by atoms with Gasteiger partial charge in [-0.15, -0.1) is 0 Å². The average Bonchev–Trinajstić information content (AvgIpc) is 2.87. The van der Waals surface area contributed by atoms with E-state index in [2.05, 4.69) is 0 Å². The third-order valence-electron chi connectivity index (χ3n) is 5.18. The van der Waals surface area contributed by atoms with Gasteiger partial charge in [-0.25, -0.2) is 4.79 Å². The Balaban J connectivity index is 1.78. The molecule has 37 heavy (non-hydrogen) atoms. The van der Waals surface area contributed by atoms with Gasteiger partial charge in [0.05, 0.1) is 28.9 Å². The Morgan fingerprint density at radius 2 is 1.54 bits per heavy atom.